The predicted molar refractivity (Wildman–Crippen MR) is 92.4 cm³/mol. The molecule has 0 aliphatic carbocycles. The van der Waals surface area contributed by atoms with Crippen molar-refractivity contribution < 1.29 is 19.4 Å². The van der Waals surface area contributed by atoms with E-state index in [1.807, 2.05) is 0 Å². The monoisotopic (exact) mass is 335 g/mol. The van der Waals surface area contributed by atoms with Gasteiger partial charge in [-0.05, 0) is 43.5 Å². The summed E-state index contributed by atoms with van der Waals surface area (Å²) in [6.45, 7) is 4.00. The molecule has 0 unspecified atom stereocenters. The Morgan fingerprint density at radius 1 is 1.29 bits per heavy atom. The zero-order valence-corrected chi connectivity index (χ0v) is 13.7. The van der Waals surface area contributed by atoms with Gasteiger partial charge in [-0.25, -0.2) is 4.79 Å². The number of anilines is 1. The number of carbonyl (C=O) groups is 2. The number of nitrogens with two attached hydrogens (primary N) is 1. The summed E-state index contributed by atoms with van der Waals surface area (Å²) in [5.41, 5.74) is 6.80. The highest BCUT2D eigenvalue weighted by Gasteiger charge is 2.21. The highest BCUT2D eigenvalue weighted by molar-refractivity contribution is 5.96. The van der Waals surface area contributed by atoms with Crippen LogP contribution < -0.4 is 16.4 Å². The molecule has 0 heterocycles. The Kier molecular flexibility index (Phi) is 9.18. The van der Waals surface area contributed by atoms with E-state index in [9.17, 15) is 9.59 Å². The fourth-order valence-electron chi connectivity index (χ4n) is 2.00. The number of benzene rings is 1. The van der Waals surface area contributed by atoms with Crippen LogP contribution >= 0.6 is 0 Å². The first kappa shape index (κ1) is 19.7. The van der Waals surface area contributed by atoms with Crippen molar-refractivity contribution in [3.8, 4) is 0 Å². The number of hydrogen-bond donors (Lipinski definition) is 4. The van der Waals surface area contributed by atoms with Crippen LogP contribution in [-0.4, -0.2) is 36.3 Å². The summed E-state index contributed by atoms with van der Waals surface area (Å²) in [5.74, 6) is -0.334. The fraction of sp³-hybridized carbons (Fsp3) is 0.412. The zero-order chi connectivity index (χ0) is 17.8. The molecular weight excluding hydrogens is 310 g/mol. The van der Waals surface area contributed by atoms with Gasteiger partial charge in [-0.1, -0.05) is 24.8 Å². The van der Waals surface area contributed by atoms with E-state index in [4.69, 9.17) is 15.6 Å². The summed E-state index contributed by atoms with van der Waals surface area (Å²) in [5, 5.41) is 14.3. The van der Waals surface area contributed by atoms with Crippen molar-refractivity contribution in [3.63, 3.8) is 0 Å². The number of hydrogen-bond acceptors (Lipinski definition) is 5. The number of aliphatic hydroxyl groups is 1. The molecule has 0 radical (unpaired) electrons. The van der Waals surface area contributed by atoms with Gasteiger partial charge in [0.15, 0.2) is 0 Å². The lowest BCUT2D eigenvalue weighted by atomic mass is 10.1. The van der Waals surface area contributed by atoms with E-state index in [1.54, 1.807) is 24.3 Å². The van der Waals surface area contributed by atoms with Gasteiger partial charge in [0.25, 0.3) is 0 Å². The number of aliphatic hydroxyl groups excluding tert-OH is 1. The number of rotatable bonds is 10. The summed E-state index contributed by atoms with van der Waals surface area (Å²) >= 11 is 0. The third-order valence-electron chi connectivity index (χ3n) is 3.29. The summed E-state index contributed by atoms with van der Waals surface area (Å²) in [7, 11) is 0. The second-order valence-electron chi connectivity index (χ2n) is 5.21. The first-order valence-corrected chi connectivity index (χ1v) is 7.85. The standard InChI is InChI=1S/C17H25N3O4/c1-2-11-24-17(23)20-15(5-3-4-10-18)16(22)19-14-8-6-13(12-21)7-9-14/h2,6-9,15,21H,1,3-5,10-12,18H2,(H,19,22)(H,20,23)/t15-/m0/s1. The molecule has 0 bridgehead atoms. The normalized spacial score (nSPS) is 11.4. The Morgan fingerprint density at radius 3 is 2.58 bits per heavy atom. The van der Waals surface area contributed by atoms with Gasteiger partial charge < -0.3 is 26.2 Å². The van der Waals surface area contributed by atoms with Gasteiger partial charge in [-0.2, -0.15) is 0 Å². The second kappa shape index (κ2) is 11.2. The first-order chi connectivity index (χ1) is 11.6. The van der Waals surface area contributed by atoms with E-state index in [0.717, 1.165) is 12.0 Å². The van der Waals surface area contributed by atoms with Crippen LogP contribution in [0.15, 0.2) is 36.9 Å². The molecule has 0 saturated heterocycles. The molecule has 7 nitrogen and oxygen atoms in total. The number of alkyl carbamates (subject to hydrolysis) is 1. The van der Waals surface area contributed by atoms with E-state index >= 15 is 0 Å². The van der Waals surface area contributed by atoms with E-state index in [0.29, 0.717) is 25.1 Å². The summed E-state index contributed by atoms with van der Waals surface area (Å²) in [4.78, 5) is 24.1. The van der Waals surface area contributed by atoms with Gasteiger partial charge in [0.1, 0.15) is 12.6 Å². The maximum atomic E-state index is 12.4. The van der Waals surface area contributed by atoms with Crippen LogP contribution in [0.25, 0.3) is 0 Å². The van der Waals surface area contributed by atoms with Gasteiger partial charge in [-0.3, -0.25) is 4.79 Å². The van der Waals surface area contributed by atoms with Crippen molar-refractivity contribution in [2.75, 3.05) is 18.5 Å². The maximum absolute atomic E-state index is 12.4. The SMILES string of the molecule is C=CCOC(=O)N[C@@H](CCCCN)C(=O)Nc1ccc(CO)cc1. The number of nitrogens with one attached hydrogen (secondary N) is 2. The molecular formula is C17H25N3O4. The third kappa shape index (κ3) is 7.26. The van der Waals surface area contributed by atoms with Crippen LogP contribution in [0.1, 0.15) is 24.8 Å². The lowest BCUT2D eigenvalue weighted by Gasteiger charge is -2.18. The summed E-state index contributed by atoms with van der Waals surface area (Å²) < 4.78 is 4.86. The van der Waals surface area contributed by atoms with E-state index in [2.05, 4.69) is 17.2 Å². The molecule has 2 amide bonds. The highest BCUT2D eigenvalue weighted by atomic mass is 16.5. The van der Waals surface area contributed by atoms with Crippen molar-refractivity contribution in [3.05, 3.63) is 42.5 Å². The van der Waals surface area contributed by atoms with Crippen molar-refractivity contribution >= 4 is 17.7 Å². The molecule has 1 aromatic carbocycles. The van der Waals surface area contributed by atoms with Crippen LogP contribution in [-0.2, 0) is 16.1 Å². The van der Waals surface area contributed by atoms with Gasteiger partial charge in [0, 0.05) is 5.69 Å². The average Bonchev–Trinajstić information content (AvgIpc) is 2.59. The summed E-state index contributed by atoms with van der Waals surface area (Å²) in [6.07, 6.45) is 2.71. The van der Waals surface area contributed by atoms with Crippen LogP contribution in [0.4, 0.5) is 10.5 Å². The van der Waals surface area contributed by atoms with Crippen molar-refractivity contribution in [1.82, 2.24) is 5.32 Å². The molecule has 0 spiro atoms. The van der Waals surface area contributed by atoms with Gasteiger partial charge in [0.05, 0.1) is 6.61 Å². The fourth-order valence-corrected chi connectivity index (χ4v) is 2.00. The Hall–Kier alpha value is -2.38. The molecule has 5 N–H and O–H groups in total. The predicted octanol–water partition coefficient (Wildman–Crippen LogP) is 1.53. The molecule has 24 heavy (non-hydrogen) atoms. The smallest absolute Gasteiger partial charge is 0.408 e. The summed E-state index contributed by atoms with van der Waals surface area (Å²) in [6, 6.07) is 6.09. The zero-order valence-electron chi connectivity index (χ0n) is 13.7. The molecule has 0 aliphatic rings. The third-order valence-corrected chi connectivity index (χ3v) is 3.29. The number of ether oxygens (including phenoxy) is 1. The molecule has 1 atom stereocenters. The minimum atomic E-state index is -0.716. The molecule has 0 aliphatic heterocycles. The topological polar surface area (TPSA) is 114 Å². The minimum Gasteiger partial charge on any atom is -0.445 e. The first-order valence-electron chi connectivity index (χ1n) is 7.85. The van der Waals surface area contributed by atoms with E-state index in [-0.39, 0.29) is 19.1 Å². The Morgan fingerprint density at radius 2 is 2.00 bits per heavy atom. The largest absolute Gasteiger partial charge is 0.445 e. The minimum absolute atomic E-state index is 0.0629. The molecule has 0 fully saturated rings. The molecule has 7 heteroatoms. The maximum Gasteiger partial charge on any atom is 0.408 e. The molecule has 1 rings (SSSR count). The number of carbonyl (C=O) groups excluding carboxylic acids is 2. The molecule has 1 aromatic rings. The van der Waals surface area contributed by atoms with Crippen LogP contribution in [0.5, 0.6) is 0 Å². The van der Waals surface area contributed by atoms with E-state index in [1.165, 1.54) is 6.08 Å². The van der Waals surface area contributed by atoms with Crippen molar-refractivity contribution in [1.29, 1.82) is 0 Å². The van der Waals surface area contributed by atoms with Gasteiger partial charge >= 0.3 is 6.09 Å². The second-order valence-corrected chi connectivity index (χ2v) is 5.21. The Bertz CT molecular complexity index is 531. The van der Waals surface area contributed by atoms with Crippen molar-refractivity contribution in [2.45, 2.75) is 31.9 Å². The molecule has 132 valence electrons. The lowest BCUT2D eigenvalue weighted by Crippen LogP contribution is -2.44. The van der Waals surface area contributed by atoms with Crippen LogP contribution in [0.2, 0.25) is 0 Å². The molecule has 0 aromatic heterocycles. The Labute approximate surface area is 141 Å². The van der Waals surface area contributed by atoms with Crippen LogP contribution in [0.3, 0.4) is 0 Å². The number of unbranched alkanes of at least 4 members (excludes halogenated alkanes) is 1. The number of amides is 2. The highest BCUT2D eigenvalue weighted by Crippen LogP contribution is 2.11. The van der Waals surface area contributed by atoms with Gasteiger partial charge in [-0.15, -0.1) is 0 Å². The Balaban J connectivity index is 2.66. The molecule has 0 saturated carbocycles. The van der Waals surface area contributed by atoms with Crippen LogP contribution in [0, 0.1) is 0 Å². The average molecular weight is 335 g/mol. The van der Waals surface area contributed by atoms with Gasteiger partial charge in [0.2, 0.25) is 5.91 Å². The van der Waals surface area contributed by atoms with Crippen molar-refractivity contribution in [2.24, 2.45) is 5.73 Å². The quantitative estimate of drug-likeness (QED) is 0.382. The lowest BCUT2D eigenvalue weighted by molar-refractivity contribution is -0.118. The van der Waals surface area contributed by atoms with E-state index < -0.39 is 12.1 Å².